The smallest absolute Gasteiger partial charge is 0.247 e. The summed E-state index contributed by atoms with van der Waals surface area (Å²) < 4.78 is 17.1. The minimum absolute atomic E-state index is 0.0159. The zero-order valence-corrected chi connectivity index (χ0v) is 20.3. The molecule has 0 aliphatic carbocycles. The number of methoxy groups -OCH3 is 1. The SMILES string of the molecule is CCOc1cc2occ(-c3ccc(OC)cc3)c2cc1/C(C)=C/C(=O)N1CCc2ccccc2C1. The zero-order chi connectivity index (χ0) is 24.4. The van der Waals surface area contributed by atoms with Gasteiger partial charge in [-0.1, -0.05) is 36.4 Å². The number of allylic oxidation sites excluding steroid dienone is 1. The first kappa shape index (κ1) is 22.8. The van der Waals surface area contributed by atoms with Crippen molar-refractivity contribution in [2.45, 2.75) is 26.8 Å². The maximum absolute atomic E-state index is 13.2. The van der Waals surface area contributed by atoms with E-state index >= 15 is 0 Å². The number of ether oxygens (including phenoxy) is 2. The first-order valence-electron chi connectivity index (χ1n) is 11.9. The number of rotatable bonds is 6. The van der Waals surface area contributed by atoms with Gasteiger partial charge in [0.25, 0.3) is 0 Å². The molecular formula is C30H29NO4. The summed E-state index contributed by atoms with van der Waals surface area (Å²) in [6, 6.07) is 20.2. The molecule has 3 aromatic carbocycles. The summed E-state index contributed by atoms with van der Waals surface area (Å²) in [5, 5.41) is 0.973. The van der Waals surface area contributed by atoms with Crippen molar-refractivity contribution in [1.82, 2.24) is 4.90 Å². The average Bonchev–Trinajstić information content (AvgIpc) is 3.31. The van der Waals surface area contributed by atoms with E-state index in [9.17, 15) is 4.79 Å². The van der Waals surface area contributed by atoms with Crippen molar-refractivity contribution in [2.24, 2.45) is 0 Å². The van der Waals surface area contributed by atoms with Crippen molar-refractivity contribution in [3.8, 4) is 22.6 Å². The van der Waals surface area contributed by atoms with Gasteiger partial charge in [-0.15, -0.1) is 0 Å². The molecule has 5 heteroatoms. The third kappa shape index (κ3) is 4.54. The van der Waals surface area contributed by atoms with Crippen molar-refractivity contribution in [3.63, 3.8) is 0 Å². The Morgan fingerprint density at radius 2 is 1.86 bits per heavy atom. The van der Waals surface area contributed by atoms with Gasteiger partial charge in [-0.25, -0.2) is 0 Å². The number of nitrogens with zero attached hydrogens (tertiary/aromatic N) is 1. The highest BCUT2D eigenvalue weighted by atomic mass is 16.5. The quantitative estimate of drug-likeness (QED) is 0.304. The van der Waals surface area contributed by atoms with Crippen molar-refractivity contribution < 1.29 is 18.7 Å². The number of fused-ring (bicyclic) bond motifs is 2. The van der Waals surface area contributed by atoms with Crippen LogP contribution in [0.15, 0.2) is 77.4 Å². The Hall–Kier alpha value is -3.99. The molecule has 4 aromatic rings. The first-order valence-corrected chi connectivity index (χ1v) is 11.9. The van der Waals surface area contributed by atoms with Gasteiger partial charge in [0.2, 0.25) is 5.91 Å². The Labute approximate surface area is 205 Å². The lowest BCUT2D eigenvalue weighted by Crippen LogP contribution is -2.34. The topological polar surface area (TPSA) is 51.9 Å². The molecule has 0 fully saturated rings. The maximum atomic E-state index is 13.2. The second-order valence-electron chi connectivity index (χ2n) is 8.76. The Kier molecular flexibility index (Phi) is 6.32. The van der Waals surface area contributed by atoms with Gasteiger partial charge in [-0.3, -0.25) is 4.79 Å². The lowest BCUT2D eigenvalue weighted by atomic mass is 9.98. The fraction of sp³-hybridized carbons (Fsp3) is 0.233. The Bertz CT molecular complexity index is 1400. The number of hydrogen-bond acceptors (Lipinski definition) is 4. The summed E-state index contributed by atoms with van der Waals surface area (Å²) >= 11 is 0. The first-order chi connectivity index (χ1) is 17.1. The molecule has 0 atom stereocenters. The molecule has 5 nitrogen and oxygen atoms in total. The summed E-state index contributed by atoms with van der Waals surface area (Å²) in [5.41, 5.74) is 7.06. The van der Waals surface area contributed by atoms with E-state index in [4.69, 9.17) is 13.9 Å². The van der Waals surface area contributed by atoms with Crippen LogP contribution in [-0.2, 0) is 17.8 Å². The van der Waals surface area contributed by atoms with Gasteiger partial charge >= 0.3 is 0 Å². The molecule has 1 amide bonds. The molecule has 178 valence electrons. The number of carbonyl (C=O) groups excluding carboxylic acids is 1. The van der Waals surface area contributed by atoms with Crippen LogP contribution >= 0.6 is 0 Å². The number of hydrogen-bond donors (Lipinski definition) is 0. The van der Waals surface area contributed by atoms with E-state index in [1.807, 2.05) is 55.1 Å². The molecule has 5 rings (SSSR count). The van der Waals surface area contributed by atoms with Gasteiger partial charge in [0.1, 0.15) is 17.1 Å². The van der Waals surface area contributed by atoms with Crippen LogP contribution in [-0.4, -0.2) is 31.1 Å². The van der Waals surface area contributed by atoms with Crippen LogP contribution in [0.1, 0.15) is 30.5 Å². The summed E-state index contributed by atoms with van der Waals surface area (Å²) in [5.74, 6) is 1.53. The molecule has 0 saturated carbocycles. The summed E-state index contributed by atoms with van der Waals surface area (Å²) in [7, 11) is 1.66. The molecule has 2 heterocycles. The van der Waals surface area contributed by atoms with Crippen molar-refractivity contribution in [1.29, 1.82) is 0 Å². The van der Waals surface area contributed by atoms with Crippen LogP contribution in [0.4, 0.5) is 0 Å². The Morgan fingerprint density at radius 1 is 1.09 bits per heavy atom. The average molecular weight is 468 g/mol. The molecule has 0 radical (unpaired) electrons. The van der Waals surface area contributed by atoms with E-state index in [0.29, 0.717) is 18.9 Å². The lowest BCUT2D eigenvalue weighted by Gasteiger charge is -2.28. The predicted octanol–water partition coefficient (Wildman–Crippen LogP) is 6.50. The highest BCUT2D eigenvalue weighted by Crippen LogP contribution is 2.38. The second kappa shape index (κ2) is 9.71. The van der Waals surface area contributed by atoms with Gasteiger partial charge < -0.3 is 18.8 Å². The van der Waals surface area contributed by atoms with Gasteiger partial charge in [-0.2, -0.15) is 0 Å². The van der Waals surface area contributed by atoms with E-state index in [-0.39, 0.29) is 5.91 Å². The Balaban J connectivity index is 1.49. The van der Waals surface area contributed by atoms with Crippen LogP contribution in [0.2, 0.25) is 0 Å². The molecule has 0 spiro atoms. The molecule has 1 aliphatic rings. The van der Waals surface area contributed by atoms with Crippen LogP contribution in [0, 0.1) is 0 Å². The number of carbonyl (C=O) groups is 1. The minimum Gasteiger partial charge on any atom is -0.497 e. The highest BCUT2D eigenvalue weighted by molar-refractivity contribution is 6.00. The van der Waals surface area contributed by atoms with Crippen LogP contribution in [0.3, 0.4) is 0 Å². The minimum atomic E-state index is 0.0159. The second-order valence-corrected chi connectivity index (χ2v) is 8.76. The predicted molar refractivity (Wildman–Crippen MR) is 139 cm³/mol. The standard InChI is InChI=1S/C30H29NO4/c1-4-34-28-17-29-26(27(19-35-29)22-9-11-24(33-3)12-10-22)16-25(28)20(2)15-30(32)31-14-13-21-7-5-6-8-23(21)18-31/h5-12,15-17,19H,4,13-14,18H2,1-3H3/b20-15+. The third-order valence-corrected chi connectivity index (χ3v) is 6.58. The molecule has 0 bridgehead atoms. The third-order valence-electron chi connectivity index (χ3n) is 6.58. The fourth-order valence-corrected chi connectivity index (χ4v) is 4.67. The zero-order valence-electron chi connectivity index (χ0n) is 20.3. The van der Waals surface area contributed by atoms with Crippen molar-refractivity contribution in [2.75, 3.05) is 20.3 Å². The molecule has 0 saturated heterocycles. The van der Waals surface area contributed by atoms with E-state index in [0.717, 1.165) is 51.9 Å². The molecule has 35 heavy (non-hydrogen) atoms. The van der Waals surface area contributed by atoms with Gasteiger partial charge in [-0.05, 0) is 60.7 Å². The van der Waals surface area contributed by atoms with Crippen molar-refractivity contribution >= 4 is 22.4 Å². The molecule has 1 aliphatic heterocycles. The maximum Gasteiger partial charge on any atom is 0.247 e. The lowest BCUT2D eigenvalue weighted by molar-refractivity contribution is -0.126. The van der Waals surface area contributed by atoms with E-state index < -0.39 is 0 Å². The van der Waals surface area contributed by atoms with E-state index in [1.54, 1.807) is 19.4 Å². The largest absolute Gasteiger partial charge is 0.497 e. The molecular weight excluding hydrogens is 438 g/mol. The number of amides is 1. The molecule has 0 N–H and O–H groups in total. The Morgan fingerprint density at radius 3 is 2.60 bits per heavy atom. The van der Waals surface area contributed by atoms with Crippen LogP contribution in [0.25, 0.3) is 27.7 Å². The van der Waals surface area contributed by atoms with E-state index in [2.05, 4.69) is 24.3 Å². The van der Waals surface area contributed by atoms with Crippen LogP contribution < -0.4 is 9.47 Å². The summed E-state index contributed by atoms with van der Waals surface area (Å²) in [6.45, 7) is 5.80. The number of furan rings is 1. The normalized spacial score (nSPS) is 13.6. The summed E-state index contributed by atoms with van der Waals surface area (Å²) in [6.07, 6.45) is 4.37. The number of benzene rings is 3. The fourth-order valence-electron chi connectivity index (χ4n) is 4.67. The summed E-state index contributed by atoms with van der Waals surface area (Å²) in [4.78, 5) is 15.1. The molecule has 0 unspecified atom stereocenters. The van der Waals surface area contributed by atoms with Gasteiger partial charge in [0, 0.05) is 41.7 Å². The van der Waals surface area contributed by atoms with Gasteiger partial charge in [0.15, 0.2) is 0 Å². The highest BCUT2D eigenvalue weighted by Gasteiger charge is 2.20. The van der Waals surface area contributed by atoms with Crippen LogP contribution in [0.5, 0.6) is 11.5 Å². The molecule has 1 aromatic heterocycles. The van der Waals surface area contributed by atoms with Crippen molar-refractivity contribution in [3.05, 3.63) is 89.7 Å². The monoisotopic (exact) mass is 467 g/mol. The van der Waals surface area contributed by atoms with E-state index in [1.165, 1.54) is 11.1 Å². The van der Waals surface area contributed by atoms with Gasteiger partial charge in [0.05, 0.1) is 20.0 Å².